The smallest absolute Gasteiger partial charge is 0.257 e. The van der Waals surface area contributed by atoms with Gasteiger partial charge in [-0.1, -0.05) is 17.7 Å². The Bertz CT molecular complexity index is 299. The third-order valence-electron chi connectivity index (χ3n) is 1.78. The summed E-state index contributed by atoms with van der Waals surface area (Å²) in [5.41, 5.74) is 5.70. The highest BCUT2D eigenvalue weighted by Crippen LogP contribution is 2.21. The summed E-state index contributed by atoms with van der Waals surface area (Å²) >= 11 is 0. The molecule has 0 saturated carbocycles. The summed E-state index contributed by atoms with van der Waals surface area (Å²) in [7, 11) is 0. The number of alkyl halides is 2. The van der Waals surface area contributed by atoms with Crippen LogP contribution in [0.3, 0.4) is 0 Å². The van der Waals surface area contributed by atoms with Crippen molar-refractivity contribution >= 4 is 0 Å². The molecule has 1 aromatic rings. The van der Waals surface area contributed by atoms with Crippen LogP contribution >= 0.6 is 0 Å². The second kappa shape index (κ2) is 3.79. The van der Waals surface area contributed by atoms with Crippen LogP contribution in [-0.2, 0) is 0 Å². The van der Waals surface area contributed by atoms with Gasteiger partial charge in [0, 0.05) is 5.56 Å². The van der Waals surface area contributed by atoms with Crippen molar-refractivity contribution in [3.63, 3.8) is 0 Å². The molecule has 0 bridgehead atoms. The van der Waals surface area contributed by atoms with Gasteiger partial charge in [-0.05, 0) is 13.0 Å². The van der Waals surface area contributed by atoms with E-state index in [-0.39, 0.29) is 5.56 Å². The molecule has 1 aromatic carbocycles. The normalized spacial score (nSPS) is 13.4. The minimum atomic E-state index is -2.74. The Kier molecular flexibility index (Phi) is 2.93. The zero-order chi connectivity index (χ0) is 10.0. The maximum Gasteiger partial charge on any atom is 0.257 e. The van der Waals surface area contributed by atoms with Crippen molar-refractivity contribution in [1.82, 2.24) is 0 Å². The van der Waals surface area contributed by atoms with Crippen LogP contribution in [0.4, 0.5) is 13.2 Å². The number of rotatable bonds is 2. The van der Waals surface area contributed by atoms with Gasteiger partial charge in [-0.3, -0.25) is 0 Å². The van der Waals surface area contributed by atoms with E-state index in [1.54, 1.807) is 6.92 Å². The maximum atomic E-state index is 13.0. The Morgan fingerprint density at radius 3 is 2.46 bits per heavy atom. The van der Waals surface area contributed by atoms with Gasteiger partial charge in [0.25, 0.3) is 6.43 Å². The molecule has 2 N–H and O–H groups in total. The molecule has 0 amide bonds. The predicted molar refractivity (Wildman–Crippen MR) is 44.1 cm³/mol. The van der Waals surface area contributed by atoms with E-state index in [1.807, 2.05) is 0 Å². The topological polar surface area (TPSA) is 26.0 Å². The molecule has 1 nitrogen and oxygen atoms in total. The molecule has 13 heavy (non-hydrogen) atoms. The molecule has 0 radical (unpaired) electrons. The largest absolute Gasteiger partial charge is 0.319 e. The summed E-state index contributed by atoms with van der Waals surface area (Å²) < 4.78 is 37.2. The van der Waals surface area contributed by atoms with Crippen molar-refractivity contribution in [2.75, 3.05) is 0 Å². The lowest BCUT2D eigenvalue weighted by Crippen LogP contribution is -2.20. The number of hydrogen-bond acceptors (Lipinski definition) is 1. The molecular formula is C9H10F3N. The molecule has 4 heteroatoms. The lowest BCUT2D eigenvalue weighted by Gasteiger charge is -2.12. The molecule has 0 aliphatic carbocycles. The summed E-state index contributed by atoms with van der Waals surface area (Å²) in [5, 5.41) is 0. The number of hydrogen-bond donors (Lipinski definition) is 1. The van der Waals surface area contributed by atoms with Crippen LogP contribution in [0.25, 0.3) is 0 Å². The summed E-state index contributed by atoms with van der Waals surface area (Å²) in [5.74, 6) is -0.682. The molecule has 0 saturated heterocycles. The fourth-order valence-corrected chi connectivity index (χ4v) is 1.05. The monoisotopic (exact) mass is 189 g/mol. The summed E-state index contributed by atoms with van der Waals surface area (Å²) in [6, 6.07) is 2.45. The van der Waals surface area contributed by atoms with Crippen molar-refractivity contribution in [3.05, 3.63) is 35.1 Å². The number of nitrogens with two attached hydrogens (primary N) is 1. The Morgan fingerprint density at radius 2 is 1.92 bits per heavy atom. The lowest BCUT2D eigenvalue weighted by molar-refractivity contribution is 0.115. The Morgan fingerprint density at radius 1 is 1.31 bits per heavy atom. The number of aryl methyl sites for hydroxylation is 1. The Hall–Kier alpha value is -1.03. The molecule has 1 rings (SSSR count). The van der Waals surface area contributed by atoms with Crippen molar-refractivity contribution in [1.29, 1.82) is 0 Å². The van der Waals surface area contributed by atoms with Crippen LogP contribution in [0, 0.1) is 12.7 Å². The Balaban J connectivity index is 3.05. The number of halogens is 3. The Labute approximate surface area is 74.4 Å². The van der Waals surface area contributed by atoms with Gasteiger partial charge in [0.2, 0.25) is 0 Å². The first-order valence-electron chi connectivity index (χ1n) is 3.82. The quantitative estimate of drug-likeness (QED) is 0.759. The van der Waals surface area contributed by atoms with Gasteiger partial charge in [-0.25, -0.2) is 13.2 Å². The first kappa shape index (κ1) is 10.1. The van der Waals surface area contributed by atoms with E-state index in [9.17, 15) is 13.2 Å². The van der Waals surface area contributed by atoms with E-state index in [0.29, 0.717) is 5.56 Å². The van der Waals surface area contributed by atoms with Crippen molar-refractivity contribution in [2.45, 2.75) is 19.4 Å². The SMILES string of the molecule is Cc1ccc(F)c(C(N)C(F)F)c1. The van der Waals surface area contributed by atoms with Crippen LogP contribution in [0.1, 0.15) is 17.2 Å². The molecule has 1 unspecified atom stereocenters. The predicted octanol–water partition coefficient (Wildman–Crippen LogP) is 2.40. The standard InChI is InChI=1S/C9H10F3N/c1-5-2-3-7(10)6(4-5)8(13)9(11)12/h2-4,8-9H,13H2,1H3. The van der Waals surface area contributed by atoms with Crippen LogP contribution in [0.5, 0.6) is 0 Å². The van der Waals surface area contributed by atoms with Crippen LogP contribution in [0.2, 0.25) is 0 Å². The molecule has 0 aliphatic rings. The second-order valence-corrected chi connectivity index (χ2v) is 2.89. The molecule has 0 aliphatic heterocycles. The van der Waals surface area contributed by atoms with E-state index in [2.05, 4.69) is 0 Å². The van der Waals surface area contributed by atoms with Crippen LogP contribution in [-0.4, -0.2) is 6.43 Å². The first-order valence-corrected chi connectivity index (χ1v) is 3.82. The highest BCUT2D eigenvalue weighted by atomic mass is 19.3. The summed E-state index contributed by atoms with van der Waals surface area (Å²) in [6.45, 7) is 1.70. The van der Waals surface area contributed by atoms with E-state index in [0.717, 1.165) is 6.07 Å². The highest BCUT2D eigenvalue weighted by molar-refractivity contribution is 5.26. The molecule has 1 atom stereocenters. The van der Waals surface area contributed by atoms with Crippen molar-refractivity contribution in [2.24, 2.45) is 5.73 Å². The third-order valence-corrected chi connectivity index (χ3v) is 1.78. The van der Waals surface area contributed by atoms with Gasteiger partial charge in [0.15, 0.2) is 0 Å². The van der Waals surface area contributed by atoms with Gasteiger partial charge >= 0.3 is 0 Å². The third kappa shape index (κ3) is 2.21. The van der Waals surface area contributed by atoms with Crippen molar-refractivity contribution in [3.8, 4) is 0 Å². The minimum absolute atomic E-state index is 0.130. The molecule has 0 heterocycles. The maximum absolute atomic E-state index is 13.0. The summed E-state index contributed by atoms with van der Waals surface area (Å²) in [6.07, 6.45) is -2.74. The number of benzene rings is 1. The average Bonchev–Trinajstić information content (AvgIpc) is 2.08. The highest BCUT2D eigenvalue weighted by Gasteiger charge is 2.20. The molecule has 72 valence electrons. The average molecular weight is 189 g/mol. The summed E-state index contributed by atoms with van der Waals surface area (Å²) in [4.78, 5) is 0. The van der Waals surface area contributed by atoms with Crippen LogP contribution in [0.15, 0.2) is 18.2 Å². The van der Waals surface area contributed by atoms with Gasteiger partial charge in [-0.15, -0.1) is 0 Å². The zero-order valence-corrected chi connectivity index (χ0v) is 7.10. The first-order chi connectivity index (χ1) is 6.02. The van der Waals surface area contributed by atoms with E-state index in [1.165, 1.54) is 12.1 Å². The minimum Gasteiger partial charge on any atom is -0.319 e. The van der Waals surface area contributed by atoms with Gasteiger partial charge in [-0.2, -0.15) is 0 Å². The molecule has 0 aromatic heterocycles. The molecule has 0 spiro atoms. The molecular weight excluding hydrogens is 179 g/mol. The van der Waals surface area contributed by atoms with Gasteiger partial charge < -0.3 is 5.73 Å². The van der Waals surface area contributed by atoms with Crippen molar-refractivity contribution < 1.29 is 13.2 Å². The van der Waals surface area contributed by atoms with E-state index >= 15 is 0 Å². The van der Waals surface area contributed by atoms with Crippen LogP contribution < -0.4 is 5.73 Å². The zero-order valence-electron chi connectivity index (χ0n) is 7.10. The molecule has 0 fully saturated rings. The fourth-order valence-electron chi connectivity index (χ4n) is 1.05. The van der Waals surface area contributed by atoms with E-state index < -0.39 is 18.3 Å². The second-order valence-electron chi connectivity index (χ2n) is 2.89. The van der Waals surface area contributed by atoms with E-state index in [4.69, 9.17) is 5.73 Å². The van der Waals surface area contributed by atoms with Gasteiger partial charge in [0.1, 0.15) is 5.82 Å². The lowest BCUT2D eigenvalue weighted by atomic mass is 10.0. The van der Waals surface area contributed by atoms with Gasteiger partial charge in [0.05, 0.1) is 6.04 Å². The fraction of sp³-hybridized carbons (Fsp3) is 0.333.